The monoisotopic (exact) mass is 504 g/mol. The van der Waals surface area contributed by atoms with Crippen LogP contribution in [-0.4, -0.2) is 35.9 Å². The number of nitrogens with two attached hydrogens (primary N) is 1. The molecule has 5 N–H and O–H groups in total. The Morgan fingerprint density at radius 1 is 1.19 bits per heavy atom. The Kier molecular flexibility index (Phi) is 7.76. The number of phenolic OH excluding ortho intramolecular Hbond substituents is 1. The van der Waals surface area contributed by atoms with Crippen LogP contribution in [0.25, 0.3) is 21.7 Å². The van der Waals surface area contributed by atoms with E-state index in [1.54, 1.807) is 6.07 Å². The molecule has 2 aromatic carbocycles. The lowest BCUT2D eigenvalue weighted by Gasteiger charge is -2.26. The highest BCUT2D eigenvalue weighted by Gasteiger charge is 2.29. The number of furan rings is 1. The first-order chi connectivity index (χ1) is 17.6. The standard InChI is InChI=1S/C30H36N2O5/c1-18-9-11-19(15-20(12-10-18)37-17-30(2,3)4)26(32-14-13-31)25-24-23(29(34)35)16-36-28(24)22-8-6-5-7-21(22)27(25)33/h5-9,11,15-16,26,32-33H,10,12-14,17,31H2,1-4H3,(H,34,35). The molecule has 0 spiro atoms. The van der Waals surface area contributed by atoms with Crippen LogP contribution in [0.1, 0.15) is 62.5 Å². The molecule has 0 aliphatic heterocycles. The number of aromatic hydroxyl groups is 1. The Morgan fingerprint density at radius 3 is 2.59 bits per heavy atom. The van der Waals surface area contributed by atoms with Gasteiger partial charge in [0.05, 0.1) is 18.4 Å². The maximum atomic E-state index is 12.2. The van der Waals surface area contributed by atoms with Gasteiger partial charge in [0.25, 0.3) is 0 Å². The van der Waals surface area contributed by atoms with Crippen LogP contribution in [-0.2, 0) is 4.74 Å². The number of hydrogen-bond donors (Lipinski definition) is 4. The SMILES string of the molecule is CC1=CC=C(C(NCCN)c2c(O)c3ccccc3c3occ(C(=O)O)c23)C=C(OCC(C)(C)C)CC1. The lowest BCUT2D eigenvalue weighted by molar-refractivity contribution is 0.0698. The van der Waals surface area contributed by atoms with Crippen LogP contribution in [0.5, 0.6) is 5.75 Å². The van der Waals surface area contributed by atoms with Crippen molar-refractivity contribution in [3.05, 3.63) is 76.8 Å². The fourth-order valence-electron chi connectivity index (χ4n) is 4.58. The van der Waals surface area contributed by atoms with Gasteiger partial charge in [-0.3, -0.25) is 0 Å². The Balaban J connectivity index is 1.98. The van der Waals surface area contributed by atoms with Gasteiger partial charge in [0.1, 0.15) is 23.2 Å². The number of rotatable bonds is 8. The van der Waals surface area contributed by atoms with E-state index in [1.807, 2.05) is 30.4 Å². The van der Waals surface area contributed by atoms with E-state index in [0.29, 0.717) is 47.0 Å². The molecule has 4 rings (SSSR count). The lowest BCUT2D eigenvalue weighted by Crippen LogP contribution is -2.29. The highest BCUT2D eigenvalue weighted by atomic mass is 16.5. The average Bonchev–Trinajstić information content (AvgIpc) is 3.29. The zero-order valence-corrected chi connectivity index (χ0v) is 21.9. The summed E-state index contributed by atoms with van der Waals surface area (Å²) in [6.45, 7) is 9.83. The van der Waals surface area contributed by atoms with Crippen molar-refractivity contribution >= 4 is 27.7 Å². The zero-order chi connectivity index (χ0) is 26.7. The highest BCUT2D eigenvalue weighted by Crippen LogP contribution is 2.45. The first kappa shape index (κ1) is 26.5. The minimum atomic E-state index is -1.13. The second-order valence-electron chi connectivity index (χ2n) is 10.8. The van der Waals surface area contributed by atoms with E-state index in [0.717, 1.165) is 24.2 Å². The van der Waals surface area contributed by atoms with Gasteiger partial charge in [0, 0.05) is 41.2 Å². The number of allylic oxidation sites excluding steroid dienone is 4. The molecule has 1 unspecified atom stereocenters. The van der Waals surface area contributed by atoms with Gasteiger partial charge in [-0.25, -0.2) is 4.79 Å². The van der Waals surface area contributed by atoms with Crippen molar-refractivity contribution in [2.45, 2.75) is 46.6 Å². The molecule has 196 valence electrons. The molecular formula is C30H36N2O5. The van der Waals surface area contributed by atoms with Crippen LogP contribution >= 0.6 is 0 Å². The van der Waals surface area contributed by atoms with E-state index >= 15 is 0 Å². The number of carboxylic acid groups (broad SMARTS) is 1. The van der Waals surface area contributed by atoms with Crippen molar-refractivity contribution in [3.8, 4) is 5.75 Å². The Hall–Kier alpha value is -3.55. The fraction of sp³-hybridized carbons (Fsp3) is 0.367. The molecule has 0 radical (unpaired) electrons. The van der Waals surface area contributed by atoms with Gasteiger partial charge < -0.3 is 30.4 Å². The minimum Gasteiger partial charge on any atom is -0.507 e. The number of carbonyl (C=O) groups is 1. The molecule has 1 atom stereocenters. The molecule has 0 saturated heterocycles. The summed E-state index contributed by atoms with van der Waals surface area (Å²) in [6.07, 6.45) is 8.93. The summed E-state index contributed by atoms with van der Waals surface area (Å²) in [5, 5.41) is 26.7. The molecule has 1 heterocycles. The predicted molar refractivity (Wildman–Crippen MR) is 147 cm³/mol. The van der Waals surface area contributed by atoms with Gasteiger partial charge in [-0.2, -0.15) is 0 Å². The molecule has 3 aromatic rings. The van der Waals surface area contributed by atoms with Crippen molar-refractivity contribution in [1.82, 2.24) is 5.32 Å². The maximum Gasteiger partial charge on any atom is 0.339 e. The fourth-order valence-corrected chi connectivity index (χ4v) is 4.58. The predicted octanol–water partition coefficient (Wildman–Crippen LogP) is 6.19. The molecular weight excluding hydrogens is 468 g/mol. The highest BCUT2D eigenvalue weighted by molar-refractivity contribution is 6.15. The van der Waals surface area contributed by atoms with Crippen molar-refractivity contribution in [2.24, 2.45) is 11.1 Å². The van der Waals surface area contributed by atoms with Crippen LogP contribution in [0.15, 0.2) is 70.1 Å². The lowest BCUT2D eigenvalue weighted by atomic mass is 9.88. The van der Waals surface area contributed by atoms with E-state index < -0.39 is 12.0 Å². The van der Waals surface area contributed by atoms with Crippen LogP contribution in [0.4, 0.5) is 0 Å². The normalized spacial score (nSPS) is 15.5. The first-order valence-corrected chi connectivity index (χ1v) is 12.6. The molecule has 0 amide bonds. The molecule has 1 aliphatic rings. The molecule has 0 fully saturated rings. The van der Waals surface area contributed by atoms with E-state index in [-0.39, 0.29) is 16.7 Å². The number of nitrogens with one attached hydrogen (secondary N) is 1. The van der Waals surface area contributed by atoms with Gasteiger partial charge in [0.15, 0.2) is 0 Å². The molecule has 0 saturated carbocycles. The summed E-state index contributed by atoms with van der Waals surface area (Å²) < 4.78 is 12.1. The first-order valence-electron chi connectivity index (χ1n) is 12.6. The van der Waals surface area contributed by atoms with Gasteiger partial charge in [0.2, 0.25) is 0 Å². The summed E-state index contributed by atoms with van der Waals surface area (Å²) in [6, 6.07) is 6.72. The van der Waals surface area contributed by atoms with Gasteiger partial charge in [-0.15, -0.1) is 0 Å². The minimum absolute atomic E-state index is 0.00282. The van der Waals surface area contributed by atoms with E-state index in [2.05, 4.69) is 39.1 Å². The summed E-state index contributed by atoms with van der Waals surface area (Å²) in [4.78, 5) is 12.2. The molecule has 1 aliphatic carbocycles. The molecule has 37 heavy (non-hydrogen) atoms. The van der Waals surface area contributed by atoms with E-state index in [4.69, 9.17) is 14.9 Å². The third kappa shape index (κ3) is 5.73. The van der Waals surface area contributed by atoms with Crippen molar-refractivity contribution in [2.75, 3.05) is 19.7 Å². The Bertz CT molecular complexity index is 1400. The zero-order valence-electron chi connectivity index (χ0n) is 21.9. The molecule has 7 nitrogen and oxygen atoms in total. The van der Waals surface area contributed by atoms with Crippen molar-refractivity contribution in [1.29, 1.82) is 0 Å². The molecule has 1 aromatic heterocycles. The average molecular weight is 505 g/mol. The van der Waals surface area contributed by atoms with E-state index in [9.17, 15) is 15.0 Å². The van der Waals surface area contributed by atoms with Crippen molar-refractivity contribution in [3.63, 3.8) is 0 Å². The number of fused-ring (bicyclic) bond motifs is 3. The topological polar surface area (TPSA) is 118 Å². The third-order valence-corrected chi connectivity index (χ3v) is 6.43. The number of ether oxygens (including phenoxy) is 1. The molecule has 0 bridgehead atoms. The van der Waals surface area contributed by atoms with Gasteiger partial charge in [-0.05, 0) is 30.4 Å². The van der Waals surface area contributed by atoms with Crippen molar-refractivity contribution < 1.29 is 24.2 Å². The second-order valence-corrected chi connectivity index (χ2v) is 10.8. The number of carboxylic acids is 1. The van der Waals surface area contributed by atoms with Crippen LogP contribution in [0.3, 0.4) is 0 Å². The molecule has 7 heteroatoms. The Labute approximate surface area is 217 Å². The van der Waals surface area contributed by atoms with Gasteiger partial charge in [-0.1, -0.05) is 62.8 Å². The second kappa shape index (κ2) is 10.8. The maximum absolute atomic E-state index is 12.2. The smallest absolute Gasteiger partial charge is 0.339 e. The number of benzene rings is 2. The summed E-state index contributed by atoms with van der Waals surface area (Å²) in [5.41, 5.74) is 8.76. The van der Waals surface area contributed by atoms with E-state index in [1.165, 1.54) is 11.8 Å². The quantitative estimate of drug-likeness (QED) is 0.289. The summed E-state index contributed by atoms with van der Waals surface area (Å²) >= 11 is 0. The summed E-state index contributed by atoms with van der Waals surface area (Å²) in [7, 11) is 0. The Morgan fingerprint density at radius 2 is 1.92 bits per heavy atom. The van der Waals surface area contributed by atoms with Crippen LogP contribution in [0, 0.1) is 5.41 Å². The van der Waals surface area contributed by atoms with Gasteiger partial charge >= 0.3 is 5.97 Å². The van der Waals surface area contributed by atoms with Crippen LogP contribution < -0.4 is 11.1 Å². The number of aromatic carboxylic acids is 1. The summed E-state index contributed by atoms with van der Waals surface area (Å²) in [5.74, 6) is -0.273. The largest absolute Gasteiger partial charge is 0.507 e. The third-order valence-electron chi connectivity index (χ3n) is 6.43. The number of hydrogen-bond acceptors (Lipinski definition) is 6. The van der Waals surface area contributed by atoms with Crippen LogP contribution in [0.2, 0.25) is 0 Å². The number of phenols is 1.